The van der Waals surface area contributed by atoms with Crippen LogP contribution in [0.25, 0.3) is 11.1 Å². The summed E-state index contributed by atoms with van der Waals surface area (Å²) in [6.45, 7) is 0. The van der Waals surface area contributed by atoms with Crippen molar-refractivity contribution in [3.05, 3.63) is 178 Å². The number of halogens is 1. The van der Waals surface area contributed by atoms with E-state index in [0.29, 0.717) is 5.02 Å². The summed E-state index contributed by atoms with van der Waals surface area (Å²) in [4.78, 5) is 0. The number of hydrogen-bond donors (Lipinski definition) is 1. The highest BCUT2D eigenvalue weighted by atomic mass is 35.5. The number of aliphatic hydroxyl groups is 1. The monoisotopic (exact) mass is 472 g/mol. The molecule has 0 aromatic heterocycles. The van der Waals surface area contributed by atoms with E-state index in [9.17, 15) is 5.11 Å². The maximum Gasteiger partial charge on any atom is 0.141 e. The van der Waals surface area contributed by atoms with Crippen LogP contribution in [0.4, 0.5) is 0 Å². The maximum absolute atomic E-state index is 12.9. The summed E-state index contributed by atoms with van der Waals surface area (Å²) in [7, 11) is 0. The Balaban J connectivity index is 1.97. The molecule has 5 aromatic carbocycles. The van der Waals surface area contributed by atoms with Gasteiger partial charge in [0, 0.05) is 10.6 Å². The molecule has 0 aliphatic rings. The van der Waals surface area contributed by atoms with Gasteiger partial charge in [0.15, 0.2) is 0 Å². The zero-order valence-electron chi connectivity index (χ0n) is 19.2. The van der Waals surface area contributed by atoms with Crippen molar-refractivity contribution in [1.82, 2.24) is 0 Å². The lowest BCUT2D eigenvalue weighted by Gasteiger charge is -2.35. The average molecular weight is 473 g/mol. The Labute approximate surface area is 211 Å². The van der Waals surface area contributed by atoms with Gasteiger partial charge in [0.2, 0.25) is 0 Å². The quantitative estimate of drug-likeness (QED) is 0.247. The van der Waals surface area contributed by atoms with E-state index in [4.69, 9.17) is 11.6 Å². The average Bonchev–Trinajstić information content (AvgIpc) is 2.94. The van der Waals surface area contributed by atoms with E-state index < -0.39 is 5.60 Å². The van der Waals surface area contributed by atoms with Gasteiger partial charge in [0.1, 0.15) is 5.60 Å². The van der Waals surface area contributed by atoms with Crippen molar-refractivity contribution >= 4 is 22.7 Å². The molecular formula is C33H25ClO. The summed E-state index contributed by atoms with van der Waals surface area (Å²) < 4.78 is 0. The smallest absolute Gasteiger partial charge is 0.141 e. The Hall–Kier alpha value is -3.91. The van der Waals surface area contributed by atoms with E-state index in [-0.39, 0.29) is 0 Å². The van der Waals surface area contributed by atoms with Crippen LogP contribution in [0.15, 0.2) is 146 Å². The molecule has 0 radical (unpaired) electrons. The van der Waals surface area contributed by atoms with Crippen molar-refractivity contribution in [2.24, 2.45) is 0 Å². The SMILES string of the molecule is OC(C(=C(c1ccccc1)c1ccc(Cl)cc1)c1ccccc1)(c1ccccc1)c1ccccc1. The first-order chi connectivity index (χ1) is 17.2. The van der Waals surface area contributed by atoms with Crippen LogP contribution in [0.1, 0.15) is 27.8 Å². The van der Waals surface area contributed by atoms with Crippen molar-refractivity contribution in [2.75, 3.05) is 0 Å². The van der Waals surface area contributed by atoms with Crippen LogP contribution in [-0.4, -0.2) is 5.11 Å². The van der Waals surface area contributed by atoms with Gasteiger partial charge in [0.05, 0.1) is 0 Å². The summed E-state index contributed by atoms with van der Waals surface area (Å²) in [5.41, 5.74) is 4.86. The third kappa shape index (κ3) is 4.57. The van der Waals surface area contributed by atoms with E-state index in [2.05, 4.69) is 24.3 Å². The van der Waals surface area contributed by atoms with E-state index in [0.717, 1.165) is 39.0 Å². The molecule has 0 bridgehead atoms. The third-order valence-electron chi connectivity index (χ3n) is 6.25. The molecular weight excluding hydrogens is 448 g/mol. The Morgan fingerprint density at radius 3 is 1.29 bits per heavy atom. The molecule has 0 unspecified atom stereocenters. The van der Waals surface area contributed by atoms with Gasteiger partial charge in [0.25, 0.3) is 0 Å². The lowest BCUT2D eigenvalue weighted by Crippen LogP contribution is -2.30. The van der Waals surface area contributed by atoms with Crippen LogP contribution in [0.3, 0.4) is 0 Å². The van der Waals surface area contributed by atoms with Crippen LogP contribution in [0.5, 0.6) is 0 Å². The Morgan fingerprint density at radius 1 is 0.457 bits per heavy atom. The van der Waals surface area contributed by atoms with Crippen molar-refractivity contribution in [3.8, 4) is 0 Å². The zero-order chi connectivity index (χ0) is 24.1. The van der Waals surface area contributed by atoms with Gasteiger partial charge in [-0.25, -0.2) is 0 Å². The molecule has 0 aliphatic heterocycles. The van der Waals surface area contributed by atoms with Gasteiger partial charge in [-0.2, -0.15) is 0 Å². The lowest BCUT2D eigenvalue weighted by molar-refractivity contribution is 0.146. The van der Waals surface area contributed by atoms with Crippen LogP contribution >= 0.6 is 11.6 Å². The van der Waals surface area contributed by atoms with Crippen molar-refractivity contribution in [1.29, 1.82) is 0 Å². The molecule has 2 heteroatoms. The minimum Gasteiger partial charge on any atom is -0.376 e. The van der Waals surface area contributed by atoms with Crippen molar-refractivity contribution in [3.63, 3.8) is 0 Å². The fourth-order valence-electron chi connectivity index (χ4n) is 4.63. The molecule has 0 atom stereocenters. The minimum atomic E-state index is -1.42. The van der Waals surface area contributed by atoms with Crippen LogP contribution < -0.4 is 0 Å². The van der Waals surface area contributed by atoms with Gasteiger partial charge in [-0.05, 0) is 45.5 Å². The molecule has 0 fully saturated rings. The van der Waals surface area contributed by atoms with Crippen LogP contribution in [-0.2, 0) is 5.60 Å². The summed E-state index contributed by atoms with van der Waals surface area (Å²) in [5.74, 6) is 0. The first-order valence-corrected chi connectivity index (χ1v) is 12.0. The van der Waals surface area contributed by atoms with Gasteiger partial charge >= 0.3 is 0 Å². The number of hydrogen-bond acceptors (Lipinski definition) is 1. The largest absolute Gasteiger partial charge is 0.376 e. The van der Waals surface area contributed by atoms with Crippen molar-refractivity contribution < 1.29 is 5.11 Å². The Kier molecular flexibility index (Phi) is 6.63. The highest BCUT2D eigenvalue weighted by Crippen LogP contribution is 2.47. The summed E-state index contributed by atoms with van der Waals surface area (Å²) in [6.07, 6.45) is 0. The van der Waals surface area contributed by atoms with Gasteiger partial charge in [-0.15, -0.1) is 0 Å². The molecule has 0 amide bonds. The van der Waals surface area contributed by atoms with Gasteiger partial charge in [-0.3, -0.25) is 0 Å². The molecule has 1 nitrogen and oxygen atoms in total. The molecule has 0 saturated carbocycles. The topological polar surface area (TPSA) is 20.2 Å². The second kappa shape index (κ2) is 10.1. The number of rotatable bonds is 6. The minimum absolute atomic E-state index is 0.670. The fourth-order valence-corrected chi connectivity index (χ4v) is 4.76. The summed E-state index contributed by atoms with van der Waals surface area (Å²) >= 11 is 6.28. The van der Waals surface area contributed by atoms with Crippen LogP contribution in [0, 0.1) is 0 Å². The molecule has 170 valence electrons. The second-order valence-electron chi connectivity index (χ2n) is 8.43. The lowest BCUT2D eigenvalue weighted by atomic mass is 9.73. The Bertz CT molecular complexity index is 1370. The molecule has 1 N–H and O–H groups in total. The van der Waals surface area contributed by atoms with E-state index >= 15 is 0 Å². The summed E-state index contributed by atoms with van der Waals surface area (Å²) in [6, 6.07) is 48.0. The second-order valence-corrected chi connectivity index (χ2v) is 8.87. The molecule has 5 rings (SSSR count). The highest BCUT2D eigenvalue weighted by Gasteiger charge is 2.39. The first kappa shape index (κ1) is 22.9. The standard InChI is InChI=1S/C33H25ClO/c34-30-23-21-26(22-24-30)31(25-13-5-1-6-14-25)32(27-15-7-2-8-16-27)33(35,28-17-9-3-10-18-28)29-19-11-4-12-20-29/h1-24,35H. The fraction of sp³-hybridized carbons (Fsp3) is 0.0303. The molecule has 0 saturated heterocycles. The zero-order valence-corrected chi connectivity index (χ0v) is 19.9. The Morgan fingerprint density at radius 2 is 0.829 bits per heavy atom. The third-order valence-corrected chi connectivity index (χ3v) is 6.50. The van der Waals surface area contributed by atoms with Crippen LogP contribution in [0.2, 0.25) is 5.02 Å². The van der Waals surface area contributed by atoms with E-state index in [1.807, 2.05) is 121 Å². The number of benzene rings is 5. The molecule has 35 heavy (non-hydrogen) atoms. The highest BCUT2D eigenvalue weighted by molar-refractivity contribution is 6.30. The molecule has 0 heterocycles. The van der Waals surface area contributed by atoms with E-state index in [1.54, 1.807) is 0 Å². The first-order valence-electron chi connectivity index (χ1n) is 11.6. The van der Waals surface area contributed by atoms with Gasteiger partial charge < -0.3 is 5.11 Å². The maximum atomic E-state index is 12.9. The predicted molar refractivity (Wildman–Crippen MR) is 146 cm³/mol. The van der Waals surface area contributed by atoms with Gasteiger partial charge in [-0.1, -0.05) is 145 Å². The molecule has 5 aromatic rings. The predicted octanol–water partition coefficient (Wildman–Crippen LogP) is 8.24. The summed E-state index contributed by atoms with van der Waals surface area (Å²) in [5, 5.41) is 13.6. The normalized spacial score (nSPS) is 12.2. The van der Waals surface area contributed by atoms with Crippen molar-refractivity contribution in [2.45, 2.75) is 5.60 Å². The van der Waals surface area contributed by atoms with E-state index in [1.165, 1.54) is 0 Å². The molecule has 0 spiro atoms. The molecule has 0 aliphatic carbocycles.